The quantitative estimate of drug-likeness (QED) is 0.288. The number of nitrogens with zero attached hydrogens (tertiary/aromatic N) is 3. The maximum absolute atomic E-state index is 13.9. The number of imidazole rings is 1. The van der Waals surface area contributed by atoms with Crippen LogP contribution in [0.1, 0.15) is 60.0 Å². The van der Waals surface area contributed by atoms with Crippen LogP contribution < -0.4 is 10.2 Å². The molecular formula is C34H35FN4O. The van der Waals surface area contributed by atoms with Crippen molar-refractivity contribution >= 4 is 6.08 Å². The molecule has 3 aromatic carbocycles. The third-order valence-electron chi connectivity index (χ3n) is 7.95. The van der Waals surface area contributed by atoms with Crippen LogP contribution >= 0.6 is 0 Å². The Kier molecular flexibility index (Phi) is 7.51. The van der Waals surface area contributed by atoms with E-state index in [1.165, 1.54) is 16.8 Å². The van der Waals surface area contributed by atoms with Gasteiger partial charge in [-0.3, -0.25) is 0 Å². The smallest absolute Gasteiger partial charge is 0.143 e. The van der Waals surface area contributed by atoms with Crippen LogP contribution in [-0.4, -0.2) is 28.2 Å². The average molecular weight is 535 g/mol. The number of hydrazine groups is 1. The SMILES string of the molecule is COc1cc(C=C2CCCN3NC(c4ccc(F)cc4)C(c4ccccc4)CCC=C23)ccc1-n1cnc(C)c1. The summed E-state index contributed by atoms with van der Waals surface area (Å²) in [6.45, 7) is 2.90. The lowest BCUT2D eigenvalue weighted by Gasteiger charge is -2.41. The van der Waals surface area contributed by atoms with Crippen molar-refractivity contribution in [2.75, 3.05) is 13.7 Å². The van der Waals surface area contributed by atoms with Crippen molar-refractivity contribution in [1.29, 1.82) is 0 Å². The number of piperidine rings is 1. The Morgan fingerprint density at radius 2 is 1.85 bits per heavy atom. The number of methoxy groups -OCH3 is 1. The molecule has 0 bridgehead atoms. The third-order valence-corrected chi connectivity index (χ3v) is 7.95. The molecule has 40 heavy (non-hydrogen) atoms. The Morgan fingerprint density at radius 3 is 2.60 bits per heavy atom. The molecule has 2 aliphatic rings. The molecular weight excluding hydrogens is 499 g/mol. The summed E-state index contributed by atoms with van der Waals surface area (Å²) in [7, 11) is 1.71. The van der Waals surface area contributed by atoms with Crippen LogP contribution in [-0.2, 0) is 0 Å². The monoisotopic (exact) mass is 534 g/mol. The first-order valence-corrected chi connectivity index (χ1v) is 14.0. The Morgan fingerprint density at radius 1 is 1.02 bits per heavy atom. The van der Waals surface area contributed by atoms with Crippen LogP contribution in [0, 0.1) is 12.7 Å². The zero-order chi connectivity index (χ0) is 27.5. The van der Waals surface area contributed by atoms with Gasteiger partial charge in [0.1, 0.15) is 11.6 Å². The molecule has 6 heteroatoms. The fourth-order valence-corrected chi connectivity index (χ4v) is 5.98. The maximum atomic E-state index is 13.9. The van der Waals surface area contributed by atoms with Crippen molar-refractivity contribution in [2.45, 2.75) is 44.6 Å². The predicted molar refractivity (Wildman–Crippen MR) is 158 cm³/mol. The van der Waals surface area contributed by atoms with E-state index < -0.39 is 0 Å². The minimum absolute atomic E-state index is 0.0315. The van der Waals surface area contributed by atoms with E-state index in [1.807, 2.05) is 36.1 Å². The summed E-state index contributed by atoms with van der Waals surface area (Å²) in [4.78, 5) is 4.36. The van der Waals surface area contributed by atoms with Crippen LogP contribution in [0.3, 0.4) is 0 Å². The van der Waals surface area contributed by atoms with E-state index >= 15 is 0 Å². The van der Waals surface area contributed by atoms with Crippen LogP contribution in [0.5, 0.6) is 5.75 Å². The number of rotatable bonds is 5. The number of aromatic nitrogens is 2. The fourth-order valence-electron chi connectivity index (χ4n) is 5.98. The molecule has 4 aromatic rings. The second-order valence-corrected chi connectivity index (χ2v) is 10.6. The van der Waals surface area contributed by atoms with Gasteiger partial charge in [-0.1, -0.05) is 54.6 Å². The number of hydrogen-bond acceptors (Lipinski definition) is 4. The first-order chi connectivity index (χ1) is 19.6. The minimum atomic E-state index is -0.209. The van der Waals surface area contributed by atoms with Crippen LogP contribution in [0.2, 0.25) is 0 Å². The van der Waals surface area contributed by atoms with Gasteiger partial charge in [0.2, 0.25) is 0 Å². The largest absolute Gasteiger partial charge is 0.495 e. The van der Waals surface area contributed by atoms with E-state index in [0.717, 1.165) is 60.5 Å². The number of benzene rings is 3. The zero-order valence-corrected chi connectivity index (χ0v) is 23.1. The van der Waals surface area contributed by atoms with Crippen molar-refractivity contribution in [3.8, 4) is 11.4 Å². The Hall–Kier alpha value is -4.16. The standard InChI is InChI=1S/C34H35FN4O/c1-24-22-38(23-36-24)32-18-13-25(21-33(32)40-2)20-28-10-7-19-39-31(28)12-6-11-30(26-8-4-3-5-9-26)34(37-39)27-14-16-29(35)17-15-27/h3-5,8-9,12-18,20-23,30,34,37H,6-7,10-11,19H2,1-2H3. The van der Waals surface area contributed by atoms with Gasteiger partial charge in [-0.2, -0.15) is 0 Å². The number of aryl methyl sites for hydroxylation is 1. The van der Waals surface area contributed by atoms with Gasteiger partial charge < -0.3 is 14.3 Å². The van der Waals surface area contributed by atoms with Crippen molar-refractivity contribution in [2.24, 2.45) is 0 Å². The summed E-state index contributed by atoms with van der Waals surface area (Å²) < 4.78 is 21.6. The molecule has 0 radical (unpaired) electrons. The van der Waals surface area contributed by atoms with Crippen molar-refractivity contribution < 1.29 is 9.13 Å². The molecule has 2 atom stereocenters. The fraction of sp³-hybridized carbons (Fsp3) is 0.265. The maximum Gasteiger partial charge on any atom is 0.143 e. The molecule has 1 saturated heterocycles. The molecule has 2 aliphatic heterocycles. The van der Waals surface area contributed by atoms with Gasteiger partial charge in [-0.05, 0) is 85.2 Å². The number of hydrogen-bond donors (Lipinski definition) is 1. The molecule has 0 amide bonds. The molecule has 204 valence electrons. The van der Waals surface area contributed by atoms with Gasteiger partial charge in [-0.15, -0.1) is 0 Å². The lowest BCUT2D eigenvalue weighted by atomic mass is 9.83. The highest BCUT2D eigenvalue weighted by atomic mass is 19.1. The normalized spacial score (nSPS) is 20.4. The van der Waals surface area contributed by atoms with Crippen LogP contribution in [0.15, 0.2) is 103 Å². The van der Waals surface area contributed by atoms with Gasteiger partial charge in [0.15, 0.2) is 0 Å². The summed E-state index contributed by atoms with van der Waals surface area (Å²) >= 11 is 0. The number of ether oxygens (including phenoxy) is 1. The highest BCUT2D eigenvalue weighted by Crippen LogP contribution is 2.40. The zero-order valence-electron chi connectivity index (χ0n) is 23.1. The van der Waals surface area contributed by atoms with Gasteiger partial charge in [0.25, 0.3) is 0 Å². The molecule has 0 saturated carbocycles. The van der Waals surface area contributed by atoms with Crippen molar-refractivity contribution in [3.63, 3.8) is 0 Å². The summed E-state index contributed by atoms with van der Waals surface area (Å²) in [5.41, 5.74) is 11.9. The van der Waals surface area contributed by atoms with E-state index in [4.69, 9.17) is 4.74 Å². The van der Waals surface area contributed by atoms with Gasteiger partial charge in [0, 0.05) is 18.7 Å². The predicted octanol–water partition coefficient (Wildman–Crippen LogP) is 7.52. The Bertz CT molecular complexity index is 1520. The molecule has 3 heterocycles. The first kappa shape index (κ1) is 26.1. The molecule has 1 aromatic heterocycles. The second kappa shape index (κ2) is 11.5. The summed E-state index contributed by atoms with van der Waals surface area (Å²) in [6.07, 6.45) is 12.5. The molecule has 0 spiro atoms. The van der Waals surface area contributed by atoms with E-state index in [9.17, 15) is 4.39 Å². The van der Waals surface area contributed by atoms with Crippen LogP contribution in [0.4, 0.5) is 4.39 Å². The van der Waals surface area contributed by atoms with Gasteiger partial charge >= 0.3 is 0 Å². The third kappa shape index (κ3) is 5.45. The van der Waals surface area contributed by atoms with E-state index in [2.05, 4.69) is 76.1 Å². The number of nitrogens with one attached hydrogen (secondary N) is 1. The van der Waals surface area contributed by atoms with Crippen molar-refractivity contribution in [3.05, 3.63) is 131 Å². The number of allylic oxidation sites excluding steroid dienone is 2. The lowest BCUT2D eigenvalue weighted by molar-refractivity contribution is 0.171. The van der Waals surface area contributed by atoms with Crippen molar-refractivity contribution in [1.82, 2.24) is 20.0 Å². The van der Waals surface area contributed by atoms with E-state index in [0.29, 0.717) is 0 Å². The first-order valence-electron chi connectivity index (χ1n) is 14.0. The summed E-state index contributed by atoms with van der Waals surface area (Å²) in [6, 6.07) is 24.0. The molecule has 6 rings (SSSR count). The topological polar surface area (TPSA) is 42.3 Å². The molecule has 5 nitrogen and oxygen atoms in total. The molecule has 1 fully saturated rings. The Labute approximate surface area is 235 Å². The van der Waals surface area contributed by atoms with Gasteiger partial charge in [-0.25, -0.2) is 14.8 Å². The molecule has 0 aliphatic carbocycles. The van der Waals surface area contributed by atoms with Gasteiger partial charge in [0.05, 0.1) is 36.6 Å². The Balaban J connectivity index is 1.33. The van der Waals surface area contributed by atoms with Crippen LogP contribution in [0.25, 0.3) is 11.8 Å². The highest BCUT2D eigenvalue weighted by Gasteiger charge is 2.31. The number of halogens is 1. The molecule has 1 N–H and O–H groups in total. The second-order valence-electron chi connectivity index (χ2n) is 10.6. The van der Waals surface area contributed by atoms with E-state index in [-0.39, 0.29) is 17.8 Å². The summed E-state index contributed by atoms with van der Waals surface area (Å²) in [5, 5.41) is 2.32. The minimum Gasteiger partial charge on any atom is -0.495 e. The highest BCUT2D eigenvalue weighted by molar-refractivity contribution is 5.63. The lowest BCUT2D eigenvalue weighted by Crippen LogP contribution is -2.45. The summed E-state index contributed by atoms with van der Waals surface area (Å²) in [5.74, 6) is 0.868. The number of fused-ring (bicyclic) bond motifs is 1. The van der Waals surface area contributed by atoms with E-state index in [1.54, 1.807) is 19.2 Å². The average Bonchev–Trinajstić information content (AvgIpc) is 3.40. The molecule has 2 unspecified atom stereocenters.